The van der Waals surface area contributed by atoms with Crippen molar-refractivity contribution in [2.75, 3.05) is 40.4 Å². The Morgan fingerprint density at radius 3 is 2.24 bits per heavy atom. The molecule has 0 aliphatic carbocycles. The third kappa shape index (κ3) is 4.75. The van der Waals surface area contributed by atoms with Gasteiger partial charge in [0.05, 0.1) is 20.3 Å². The van der Waals surface area contributed by atoms with E-state index in [0.717, 1.165) is 37.3 Å². The van der Waals surface area contributed by atoms with Gasteiger partial charge in [0.15, 0.2) is 11.5 Å². The number of hydrogen-bond acceptors (Lipinski definition) is 6. The third-order valence-corrected chi connectivity index (χ3v) is 7.42. The highest BCUT2D eigenvalue weighted by atomic mass is 32.1. The van der Waals surface area contributed by atoms with E-state index in [0.29, 0.717) is 23.9 Å². The number of methoxy groups -OCH3 is 2. The molecule has 3 aromatic carbocycles. The van der Waals surface area contributed by atoms with Gasteiger partial charge in [0.1, 0.15) is 6.61 Å². The zero-order chi connectivity index (χ0) is 23.3. The summed E-state index contributed by atoms with van der Waals surface area (Å²) < 4.78 is 19.1. The maximum atomic E-state index is 6.20. The average molecular weight is 475 g/mol. The standard InChI is InChI=1S/C28H30N2O3S/c1-31-23-16-22(17-24(32-2)28(23)33-19-20-8-4-3-5-9-20)27(30-14-12-29-13-15-30)26-18-21-10-6-7-11-25(21)34-26/h3-11,16-18,27,29H,12-15,19H2,1-2H3. The van der Waals surface area contributed by atoms with Crippen LogP contribution in [0.4, 0.5) is 0 Å². The smallest absolute Gasteiger partial charge is 0.203 e. The molecule has 1 fully saturated rings. The van der Waals surface area contributed by atoms with Crippen LogP contribution < -0.4 is 19.5 Å². The van der Waals surface area contributed by atoms with Crippen molar-refractivity contribution in [3.63, 3.8) is 0 Å². The number of ether oxygens (including phenoxy) is 3. The first-order valence-corrected chi connectivity index (χ1v) is 12.4. The number of thiophene rings is 1. The van der Waals surface area contributed by atoms with Crippen molar-refractivity contribution in [3.8, 4) is 17.2 Å². The first-order chi connectivity index (χ1) is 16.8. The van der Waals surface area contributed by atoms with Crippen molar-refractivity contribution >= 4 is 21.4 Å². The number of nitrogens with one attached hydrogen (secondary N) is 1. The van der Waals surface area contributed by atoms with Crippen molar-refractivity contribution in [1.29, 1.82) is 0 Å². The Kier molecular flexibility index (Phi) is 7.00. The van der Waals surface area contributed by atoms with Gasteiger partial charge in [-0.2, -0.15) is 0 Å². The predicted molar refractivity (Wildman–Crippen MR) is 138 cm³/mol. The third-order valence-electron chi connectivity index (χ3n) is 6.26. The van der Waals surface area contributed by atoms with Crippen LogP contribution in [0.3, 0.4) is 0 Å². The van der Waals surface area contributed by atoms with Crippen molar-refractivity contribution < 1.29 is 14.2 Å². The lowest BCUT2D eigenvalue weighted by molar-refractivity contribution is 0.199. The number of hydrogen-bond donors (Lipinski definition) is 1. The van der Waals surface area contributed by atoms with Crippen LogP contribution in [-0.4, -0.2) is 45.3 Å². The Balaban J connectivity index is 1.55. The Hall–Kier alpha value is -3.06. The second-order valence-corrected chi connectivity index (χ2v) is 9.52. The van der Waals surface area contributed by atoms with Gasteiger partial charge in [-0.3, -0.25) is 4.90 Å². The van der Waals surface area contributed by atoms with Gasteiger partial charge < -0.3 is 19.5 Å². The first-order valence-electron chi connectivity index (χ1n) is 11.6. The van der Waals surface area contributed by atoms with E-state index in [1.807, 2.05) is 29.5 Å². The first kappa shape index (κ1) is 22.7. The van der Waals surface area contributed by atoms with Crippen LogP contribution in [0, 0.1) is 0 Å². The molecule has 6 heteroatoms. The number of fused-ring (bicyclic) bond motifs is 1. The molecule has 0 saturated carbocycles. The van der Waals surface area contributed by atoms with Gasteiger partial charge in [0, 0.05) is 35.8 Å². The largest absolute Gasteiger partial charge is 0.493 e. The highest BCUT2D eigenvalue weighted by Crippen LogP contribution is 2.44. The number of piperazine rings is 1. The lowest BCUT2D eigenvalue weighted by atomic mass is 10.0. The van der Waals surface area contributed by atoms with Gasteiger partial charge in [-0.15, -0.1) is 11.3 Å². The van der Waals surface area contributed by atoms with E-state index in [-0.39, 0.29) is 6.04 Å². The minimum atomic E-state index is 0.116. The van der Waals surface area contributed by atoms with E-state index in [2.05, 4.69) is 64.8 Å². The van der Waals surface area contributed by atoms with Gasteiger partial charge in [-0.1, -0.05) is 48.5 Å². The highest BCUT2D eigenvalue weighted by molar-refractivity contribution is 7.19. The second-order valence-electron chi connectivity index (χ2n) is 8.40. The second kappa shape index (κ2) is 10.5. The fraction of sp³-hybridized carbons (Fsp3) is 0.286. The van der Waals surface area contributed by atoms with Gasteiger partial charge in [-0.25, -0.2) is 0 Å². The van der Waals surface area contributed by atoms with Crippen molar-refractivity contribution in [1.82, 2.24) is 10.2 Å². The zero-order valence-electron chi connectivity index (χ0n) is 19.6. The van der Waals surface area contributed by atoms with Gasteiger partial charge in [-0.05, 0) is 40.8 Å². The van der Waals surface area contributed by atoms with Crippen LogP contribution in [0.5, 0.6) is 17.2 Å². The predicted octanol–water partition coefficient (Wildman–Crippen LogP) is 5.49. The Morgan fingerprint density at radius 1 is 0.882 bits per heavy atom. The SMILES string of the molecule is COc1cc(C(c2cc3ccccc3s2)N2CCNCC2)cc(OC)c1OCc1ccccc1. The van der Waals surface area contributed by atoms with E-state index in [1.165, 1.54) is 15.0 Å². The zero-order valence-corrected chi connectivity index (χ0v) is 20.4. The molecule has 1 aromatic heterocycles. The molecule has 1 atom stereocenters. The molecule has 2 heterocycles. The van der Waals surface area contributed by atoms with E-state index >= 15 is 0 Å². The molecule has 1 saturated heterocycles. The summed E-state index contributed by atoms with van der Waals surface area (Å²) in [6.45, 7) is 4.37. The number of nitrogens with zero attached hydrogens (tertiary/aromatic N) is 1. The van der Waals surface area contributed by atoms with Crippen molar-refractivity contribution in [3.05, 3.63) is 88.8 Å². The highest BCUT2D eigenvalue weighted by Gasteiger charge is 2.28. The fourth-order valence-corrected chi connectivity index (χ4v) is 5.79. The summed E-state index contributed by atoms with van der Waals surface area (Å²) in [6, 6.07) is 25.4. The van der Waals surface area contributed by atoms with E-state index in [9.17, 15) is 0 Å². The molecule has 1 aliphatic rings. The summed E-state index contributed by atoms with van der Waals surface area (Å²) >= 11 is 1.86. The number of rotatable bonds is 8. The molecule has 0 spiro atoms. The summed E-state index contributed by atoms with van der Waals surface area (Å²) in [5.41, 5.74) is 2.24. The van der Waals surface area contributed by atoms with Crippen LogP contribution in [0.1, 0.15) is 22.0 Å². The van der Waals surface area contributed by atoms with Crippen molar-refractivity contribution in [2.45, 2.75) is 12.6 Å². The molecule has 5 nitrogen and oxygen atoms in total. The summed E-state index contributed by atoms with van der Waals surface area (Å²) in [5.74, 6) is 2.01. The molecule has 0 amide bonds. The van der Waals surface area contributed by atoms with E-state index < -0.39 is 0 Å². The summed E-state index contributed by atoms with van der Waals surface area (Å²) in [6.07, 6.45) is 0. The van der Waals surface area contributed by atoms with Gasteiger partial charge in [0.2, 0.25) is 5.75 Å². The molecule has 34 heavy (non-hydrogen) atoms. The Labute approximate surface area is 204 Å². The van der Waals surface area contributed by atoms with Crippen LogP contribution in [0.2, 0.25) is 0 Å². The lowest BCUT2D eigenvalue weighted by Crippen LogP contribution is -2.45. The summed E-state index contributed by atoms with van der Waals surface area (Å²) in [4.78, 5) is 3.87. The molecule has 1 N–H and O–H groups in total. The van der Waals surface area contributed by atoms with Crippen LogP contribution in [0.15, 0.2) is 72.8 Å². The minimum Gasteiger partial charge on any atom is -0.493 e. The fourth-order valence-electron chi connectivity index (χ4n) is 4.56. The van der Waals surface area contributed by atoms with Crippen LogP contribution >= 0.6 is 11.3 Å². The monoisotopic (exact) mass is 474 g/mol. The molecule has 0 bridgehead atoms. The topological polar surface area (TPSA) is 43.0 Å². The van der Waals surface area contributed by atoms with Crippen LogP contribution in [0.25, 0.3) is 10.1 Å². The summed E-state index contributed by atoms with van der Waals surface area (Å²) in [7, 11) is 3.38. The van der Waals surface area contributed by atoms with Crippen molar-refractivity contribution in [2.24, 2.45) is 0 Å². The summed E-state index contributed by atoms with van der Waals surface area (Å²) in [5, 5.41) is 4.76. The molecule has 1 aliphatic heterocycles. The normalized spacial score (nSPS) is 15.2. The molecule has 1 unspecified atom stereocenters. The maximum Gasteiger partial charge on any atom is 0.203 e. The maximum absolute atomic E-state index is 6.20. The molecule has 4 aromatic rings. The Bertz CT molecular complexity index is 1180. The lowest BCUT2D eigenvalue weighted by Gasteiger charge is -2.35. The van der Waals surface area contributed by atoms with Crippen LogP contribution in [-0.2, 0) is 6.61 Å². The average Bonchev–Trinajstić information content (AvgIpc) is 3.32. The van der Waals surface area contributed by atoms with E-state index in [4.69, 9.17) is 14.2 Å². The molecular weight excluding hydrogens is 444 g/mol. The molecule has 176 valence electrons. The van der Waals surface area contributed by atoms with Gasteiger partial charge >= 0.3 is 0 Å². The van der Waals surface area contributed by atoms with Gasteiger partial charge in [0.25, 0.3) is 0 Å². The van der Waals surface area contributed by atoms with E-state index in [1.54, 1.807) is 14.2 Å². The minimum absolute atomic E-state index is 0.116. The Morgan fingerprint density at radius 2 is 1.56 bits per heavy atom. The quantitative estimate of drug-likeness (QED) is 0.366. The number of benzene rings is 3. The molecule has 5 rings (SSSR count). The molecule has 0 radical (unpaired) electrons. The molecular formula is C28H30N2O3S.